The molecule has 184 valence electrons. The maximum Gasteiger partial charge on any atom is 0.417 e. The molecule has 1 saturated heterocycles. The van der Waals surface area contributed by atoms with Crippen molar-refractivity contribution >= 4 is 17.5 Å². The van der Waals surface area contributed by atoms with E-state index in [1.807, 2.05) is 0 Å². The molecule has 13 heteroatoms. The van der Waals surface area contributed by atoms with Crippen LogP contribution in [0.25, 0.3) is 0 Å². The first kappa shape index (κ1) is 25.3. The van der Waals surface area contributed by atoms with E-state index in [0.29, 0.717) is 12.1 Å². The van der Waals surface area contributed by atoms with Crippen molar-refractivity contribution in [3.8, 4) is 5.75 Å². The number of benzene rings is 1. The molecule has 34 heavy (non-hydrogen) atoms. The minimum Gasteiger partial charge on any atom is -0.493 e. The number of methoxy groups -OCH3 is 1. The quantitative estimate of drug-likeness (QED) is 0.491. The number of nitrogens with zero attached hydrogens (tertiary/aromatic N) is 1. The number of nitrogens with two attached hydrogens (primary N) is 1. The highest BCUT2D eigenvalue weighted by Gasteiger charge is 2.65. The second-order valence-corrected chi connectivity index (χ2v) is 7.86. The molecule has 2 heterocycles. The van der Waals surface area contributed by atoms with Crippen molar-refractivity contribution in [2.75, 3.05) is 12.4 Å². The third-order valence-corrected chi connectivity index (χ3v) is 5.88. The number of amides is 2. The fraction of sp³-hybridized carbons (Fsp3) is 0.381. The van der Waals surface area contributed by atoms with Gasteiger partial charge in [-0.3, -0.25) is 9.59 Å². The number of hydrogen-bond donors (Lipinski definition) is 2. The lowest BCUT2D eigenvalue weighted by Crippen LogP contribution is -2.47. The van der Waals surface area contributed by atoms with Gasteiger partial charge in [0.05, 0.1) is 7.11 Å². The number of carbonyl (C=O) groups excluding carboxylic acids is 2. The van der Waals surface area contributed by atoms with E-state index in [4.69, 9.17) is 15.2 Å². The van der Waals surface area contributed by atoms with Crippen LogP contribution in [0, 0.1) is 23.5 Å². The summed E-state index contributed by atoms with van der Waals surface area (Å²) in [5.74, 6) is -9.85. The molecule has 3 rings (SSSR count). The monoisotopic (exact) mass is 491 g/mol. The van der Waals surface area contributed by atoms with Gasteiger partial charge in [-0.15, -0.1) is 0 Å². The highest BCUT2D eigenvalue weighted by atomic mass is 19.4. The van der Waals surface area contributed by atoms with Crippen LogP contribution in [0.1, 0.15) is 35.8 Å². The van der Waals surface area contributed by atoms with Crippen LogP contribution in [-0.2, 0) is 9.53 Å². The van der Waals surface area contributed by atoms with E-state index in [1.54, 1.807) is 0 Å². The molecule has 2 amide bonds. The number of aromatic nitrogens is 1. The molecule has 0 spiro atoms. The van der Waals surface area contributed by atoms with Gasteiger partial charge >= 0.3 is 6.18 Å². The van der Waals surface area contributed by atoms with E-state index in [-0.39, 0.29) is 11.3 Å². The molecule has 1 fully saturated rings. The Morgan fingerprint density at radius 1 is 1.21 bits per heavy atom. The Morgan fingerprint density at radius 2 is 1.85 bits per heavy atom. The normalized spacial score (nSPS) is 24.7. The van der Waals surface area contributed by atoms with Crippen LogP contribution >= 0.6 is 0 Å². The van der Waals surface area contributed by atoms with Crippen molar-refractivity contribution in [2.45, 2.75) is 37.6 Å². The highest BCUT2D eigenvalue weighted by Crippen LogP contribution is 2.55. The zero-order chi connectivity index (χ0) is 25.6. The molecule has 1 aliphatic heterocycles. The molecule has 1 aliphatic rings. The lowest BCUT2D eigenvalue weighted by atomic mass is 9.77. The summed E-state index contributed by atoms with van der Waals surface area (Å²) in [7, 11) is 0.991. The van der Waals surface area contributed by atoms with Crippen LogP contribution in [-0.4, -0.2) is 41.8 Å². The summed E-state index contributed by atoms with van der Waals surface area (Å²) in [5.41, 5.74) is 1.07. The number of hydrogen-bond acceptors (Lipinski definition) is 5. The molecule has 0 unspecified atom stereocenters. The molecule has 0 radical (unpaired) electrons. The maximum absolute atomic E-state index is 14.4. The fourth-order valence-electron chi connectivity index (χ4n) is 3.95. The number of carbonyl (C=O) groups is 2. The van der Waals surface area contributed by atoms with Crippen LogP contribution in [0.4, 0.5) is 32.0 Å². The number of alkyl halides is 3. The van der Waals surface area contributed by atoms with Crippen LogP contribution in [0.15, 0.2) is 24.3 Å². The first-order valence-electron chi connectivity index (χ1n) is 9.76. The Morgan fingerprint density at radius 3 is 2.41 bits per heavy atom. The standard InChI is InChI=1S/C21H19F6N3O4/c1-8-14(10-4-5-11(22)15(24)16(10)33-3)17(34-20(8,2)21(25,26)27)19(32)29-9-6-12(18(28)31)30-13(23)7-9/h4-8,14,17H,1-3H3,(H2,28,31)(H,29,30,32)/t8-,14+,17+,20-/m1/s1. The number of anilines is 1. The summed E-state index contributed by atoms with van der Waals surface area (Å²) in [6, 6.07) is 3.31. The van der Waals surface area contributed by atoms with E-state index in [2.05, 4.69) is 10.3 Å². The lowest BCUT2D eigenvalue weighted by Gasteiger charge is -2.32. The number of primary amides is 1. The molecule has 0 saturated carbocycles. The Kier molecular flexibility index (Phi) is 6.53. The van der Waals surface area contributed by atoms with Crippen molar-refractivity contribution in [1.29, 1.82) is 0 Å². The molecule has 1 aromatic carbocycles. The lowest BCUT2D eigenvalue weighted by molar-refractivity contribution is -0.272. The van der Waals surface area contributed by atoms with Gasteiger partial charge in [-0.2, -0.15) is 22.0 Å². The highest BCUT2D eigenvalue weighted by molar-refractivity contribution is 5.97. The first-order valence-corrected chi connectivity index (χ1v) is 9.76. The van der Waals surface area contributed by atoms with Gasteiger partial charge in [-0.1, -0.05) is 13.0 Å². The largest absolute Gasteiger partial charge is 0.493 e. The molecular weight excluding hydrogens is 472 g/mol. The van der Waals surface area contributed by atoms with Gasteiger partial charge < -0.3 is 20.5 Å². The number of pyridine rings is 1. The Hall–Kier alpha value is -3.35. The van der Waals surface area contributed by atoms with E-state index in [9.17, 15) is 35.9 Å². The third-order valence-electron chi connectivity index (χ3n) is 5.88. The van der Waals surface area contributed by atoms with Crippen molar-refractivity contribution in [3.05, 3.63) is 53.1 Å². The van der Waals surface area contributed by atoms with Crippen molar-refractivity contribution in [3.63, 3.8) is 0 Å². The minimum atomic E-state index is -4.95. The molecule has 0 bridgehead atoms. The predicted molar refractivity (Wildman–Crippen MR) is 105 cm³/mol. The fourth-order valence-corrected chi connectivity index (χ4v) is 3.95. The number of rotatable bonds is 5. The molecule has 2 aromatic rings. The van der Waals surface area contributed by atoms with Gasteiger partial charge in [0.25, 0.3) is 11.8 Å². The summed E-state index contributed by atoms with van der Waals surface area (Å²) < 4.78 is 93.7. The topological polar surface area (TPSA) is 104 Å². The Balaban J connectivity index is 2.09. The summed E-state index contributed by atoms with van der Waals surface area (Å²) in [4.78, 5) is 27.6. The second kappa shape index (κ2) is 8.78. The van der Waals surface area contributed by atoms with E-state index >= 15 is 0 Å². The van der Waals surface area contributed by atoms with Crippen LogP contribution in [0.5, 0.6) is 5.75 Å². The minimum absolute atomic E-state index is 0.235. The number of nitrogens with one attached hydrogen (secondary N) is 1. The molecule has 3 N–H and O–H groups in total. The zero-order valence-corrected chi connectivity index (χ0v) is 18.0. The van der Waals surface area contributed by atoms with Gasteiger partial charge in [0.15, 0.2) is 17.2 Å². The second-order valence-electron chi connectivity index (χ2n) is 7.86. The summed E-state index contributed by atoms with van der Waals surface area (Å²) in [6.07, 6.45) is -6.85. The molecular formula is C21H19F6N3O4. The average molecular weight is 491 g/mol. The van der Waals surface area contributed by atoms with Gasteiger partial charge in [0.1, 0.15) is 11.8 Å². The molecule has 0 aliphatic carbocycles. The van der Waals surface area contributed by atoms with Crippen LogP contribution in [0.3, 0.4) is 0 Å². The Labute approximate surface area is 189 Å². The molecule has 7 nitrogen and oxygen atoms in total. The van der Waals surface area contributed by atoms with Gasteiger partial charge in [0, 0.05) is 29.2 Å². The predicted octanol–water partition coefficient (Wildman–Crippen LogP) is 3.68. The van der Waals surface area contributed by atoms with E-state index in [0.717, 1.165) is 33.1 Å². The summed E-state index contributed by atoms with van der Waals surface area (Å²) in [6.45, 7) is 1.87. The van der Waals surface area contributed by atoms with Crippen molar-refractivity contribution < 1.29 is 45.4 Å². The molecule has 4 atom stereocenters. The smallest absolute Gasteiger partial charge is 0.417 e. The van der Waals surface area contributed by atoms with Gasteiger partial charge in [0.2, 0.25) is 11.8 Å². The van der Waals surface area contributed by atoms with Crippen LogP contribution in [0.2, 0.25) is 0 Å². The average Bonchev–Trinajstić information content (AvgIpc) is 3.01. The Bertz CT molecular complexity index is 1140. The van der Waals surface area contributed by atoms with Crippen molar-refractivity contribution in [1.82, 2.24) is 4.98 Å². The first-order chi connectivity index (χ1) is 15.7. The third kappa shape index (κ3) is 4.27. The summed E-state index contributed by atoms with van der Waals surface area (Å²) >= 11 is 0. The maximum atomic E-state index is 14.4. The van der Waals surface area contributed by atoms with E-state index in [1.165, 1.54) is 0 Å². The summed E-state index contributed by atoms with van der Waals surface area (Å²) in [5, 5.41) is 2.17. The van der Waals surface area contributed by atoms with Crippen molar-refractivity contribution in [2.24, 2.45) is 11.7 Å². The molecule has 1 aromatic heterocycles. The van der Waals surface area contributed by atoms with E-state index < -0.39 is 70.6 Å². The number of halogens is 6. The SMILES string of the molecule is COc1c([C@H]2[C@@H](C(=O)Nc3cc(F)nc(C(N)=O)c3)O[C@@](C)(C(F)(F)F)[C@@H]2C)ccc(F)c1F. The van der Waals surface area contributed by atoms with Crippen LogP contribution < -0.4 is 15.8 Å². The van der Waals surface area contributed by atoms with Gasteiger partial charge in [-0.25, -0.2) is 9.37 Å². The number of ether oxygens (including phenoxy) is 2. The van der Waals surface area contributed by atoms with Gasteiger partial charge in [-0.05, 0) is 19.1 Å². The zero-order valence-electron chi connectivity index (χ0n) is 18.0.